The number of likely N-dealkylation sites (tertiary alicyclic amines) is 1. The highest BCUT2D eigenvalue weighted by Gasteiger charge is 2.30. The number of benzene rings is 1. The molecule has 2 atom stereocenters. The molecule has 0 saturated carbocycles. The van der Waals surface area contributed by atoms with Crippen molar-refractivity contribution in [2.45, 2.75) is 27.2 Å². The highest BCUT2D eigenvalue weighted by Crippen LogP contribution is 2.33. The highest BCUT2D eigenvalue weighted by atomic mass is 16.5. The third-order valence-electron chi connectivity index (χ3n) is 4.55. The van der Waals surface area contributed by atoms with Gasteiger partial charge in [-0.3, -0.25) is 4.79 Å². The molecule has 0 bridgehead atoms. The van der Waals surface area contributed by atoms with E-state index in [9.17, 15) is 9.59 Å². The maximum atomic E-state index is 12.7. The van der Waals surface area contributed by atoms with Crippen LogP contribution in [-0.4, -0.2) is 43.0 Å². The first-order valence-electron chi connectivity index (χ1n) is 8.26. The summed E-state index contributed by atoms with van der Waals surface area (Å²) in [4.78, 5) is 28.3. The molecule has 2 aliphatic heterocycles. The lowest BCUT2D eigenvalue weighted by Crippen LogP contribution is -2.49. The Labute approximate surface area is 137 Å². The van der Waals surface area contributed by atoms with E-state index >= 15 is 0 Å². The third kappa shape index (κ3) is 3.49. The van der Waals surface area contributed by atoms with Crippen molar-refractivity contribution in [1.29, 1.82) is 0 Å². The van der Waals surface area contributed by atoms with Crippen LogP contribution in [0.1, 0.15) is 25.8 Å². The lowest BCUT2D eigenvalue weighted by atomic mass is 9.92. The number of hydrogen-bond acceptors (Lipinski definition) is 4. The minimum Gasteiger partial charge on any atom is -0.423 e. The van der Waals surface area contributed by atoms with Crippen molar-refractivity contribution in [3.8, 4) is 5.75 Å². The molecule has 0 spiro atoms. The van der Waals surface area contributed by atoms with Gasteiger partial charge < -0.3 is 14.5 Å². The maximum Gasteiger partial charge on any atom is 0.331 e. The van der Waals surface area contributed by atoms with Crippen molar-refractivity contribution in [2.75, 3.05) is 31.1 Å². The Morgan fingerprint density at radius 2 is 1.96 bits per heavy atom. The Kier molecular flexibility index (Phi) is 4.28. The summed E-state index contributed by atoms with van der Waals surface area (Å²) in [5, 5.41) is 0. The molecular weight excluding hydrogens is 292 g/mol. The van der Waals surface area contributed by atoms with Crippen LogP contribution in [0, 0.1) is 18.8 Å². The minimum atomic E-state index is -0.311. The van der Waals surface area contributed by atoms with E-state index in [0.29, 0.717) is 17.6 Å². The molecule has 2 unspecified atom stereocenters. The second kappa shape index (κ2) is 6.22. The summed E-state index contributed by atoms with van der Waals surface area (Å²) in [6.07, 6.45) is 1.17. The summed E-state index contributed by atoms with van der Waals surface area (Å²) in [6.45, 7) is 8.33. The van der Waals surface area contributed by atoms with Gasteiger partial charge in [-0.05, 0) is 42.9 Å². The van der Waals surface area contributed by atoms with E-state index in [1.807, 2.05) is 28.9 Å². The van der Waals surface area contributed by atoms with E-state index < -0.39 is 0 Å². The summed E-state index contributed by atoms with van der Waals surface area (Å²) in [5.41, 5.74) is 1.91. The number of esters is 1. The predicted octanol–water partition coefficient (Wildman–Crippen LogP) is 2.22. The summed E-state index contributed by atoms with van der Waals surface area (Å²) in [5.74, 6) is 1.38. The molecule has 5 nitrogen and oxygen atoms in total. The van der Waals surface area contributed by atoms with E-state index in [2.05, 4.69) is 13.8 Å². The summed E-state index contributed by atoms with van der Waals surface area (Å²) >= 11 is 0. The number of hydrogen-bond donors (Lipinski definition) is 0. The van der Waals surface area contributed by atoms with Gasteiger partial charge >= 0.3 is 5.97 Å². The fraction of sp³-hybridized carbons (Fsp3) is 0.556. The lowest BCUT2D eigenvalue weighted by Gasteiger charge is -2.37. The third-order valence-corrected chi connectivity index (χ3v) is 4.55. The average molecular weight is 316 g/mol. The van der Waals surface area contributed by atoms with Gasteiger partial charge in [-0.1, -0.05) is 19.9 Å². The van der Waals surface area contributed by atoms with E-state index in [-0.39, 0.29) is 25.0 Å². The SMILES string of the molecule is Cc1ccc2c(c1)N(CC(=O)N1CC(C)CC(C)C1)CC(=O)O2. The van der Waals surface area contributed by atoms with Crippen molar-refractivity contribution in [2.24, 2.45) is 11.8 Å². The lowest BCUT2D eigenvalue weighted by molar-refractivity contribution is -0.134. The van der Waals surface area contributed by atoms with Gasteiger partial charge in [0.2, 0.25) is 5.91 Å². The van der Waals surface area contributed by atoms with Crippen LogP contribution < -0.4 is 9.64 Å². The van der Waals surface area contributed by atoms with Crippen LogP contribution in [0.2, 0.25) is 0 Å². The molecule has 5 heteroatoms. The van der Waals surface area contributed by atoms with Crippen molar-refractivity contribution < 1.29 is 14.3 Å². The van der Waals surface area contributed by atoms with Crippen molar-refractivity contribution in [1.82, 2.24) is 4.90 Å². The molecule has 1 aromatic carbocycles. The molecule has 2 heterocycles. The van der Waals surface area contributed by atoms with Gasteiger partial charge in [0.1, 0.15) is 6.54 Å². The van der Waals surface area contributed by atoms with E-state index in [1.165, 1.54) is 6.42 Å². The smallest absolute Gasteiger partial charge is 0.331 e. The molecule has 1 fully saturated rings. The molecule has 2 aliphatic rings. The number of nitrogens with zero attached hydrogens (tertiary/aromatic N) is 2. The normalized spacial score (nSPS) is 24.2. The number of piperidine rings is 1. The number of carbonyl (C=O) groups is 2. The van der Waals surface area contributed by atoms with Crippen LogP contribution >= 0.6 is 0 Å². The quantitative estimate of drug-likeness (QED) is 0.620. The van der Waals surface area contributed by atoms with Gasteiger partial charge in [-0.2, -0.15) is 0 Å². The van der Waals surface area contributed by atoms with Gasteiger partial charge in [-0.15, -0.1) is 0 Å². The number of rotatable bonds is 2. The molecule has 3 rings (SSSR count). The average Bonchev–Trinajstić information content (AvgIpc) is 2.47. The summed E-state index contributed by atoms with van der Waals surface area (Å²) in [6, 6.07) is 5.67. The summed E-state index contributed by atoms with van der Waals surface area (Å²) < 4.78 is 5.27. The van der Waals surface area contributed by atoms with Crippen LogP contribution in [0.25, 0.3) is 0 Å². The predicted molar refractivity (Wildman–Crippen MR) is 88.6 cm³/mol. The Bertz CT molecular complexity index is 619. The van der Waals surface area contributed by atoms with E-state index in [1.54, 1.807) is 6.07 Å². The van der Waals surface area contributed by atoms with E-state index in [0.717, 1.165) is 24.3 Å². The number of fused-ring (bicyclic) bond motifs is 1. The number of amides is 1. The molecule has 1 amide bonds. The van der Waals surface area contributed by atoms with E-state index in [4.69, 9.17) is 4.74 Å². The zero-order chi connectivity index (χ0) is 16.6. The first-order chi connectivity index (χ1) is 10.9. The molecule has 124 valence electrons. The number of carbonyl (C=O) groups excluding carboxylic acids is 2. The minimum absolute atomic E-state index is 0.0885. The topological polar surface area (TPSA) is 49.9 Å². The van der Waals surface area contributed by atoms with Crippen LogP contribution in [-0.2, 0) is 9.59 Å². The molecule has 0 radical (unpaired) electrons. The number of aryl methyl sites for hydroxylation is 1. The highest BCUT2D eigenvalue weighted by molar-refractivity contribution is 5.89. The monoisotopic (exact) mass is 316 g/mol. The van der Waals surface area contributed by atoms with Gasteiger partial charge in [0.25, 0.3) is 0 Å². The van der Waals surface area contributed by atoms with Gasteiger partial charge in [0.15, 0.2) is 5.75 Å². The maximum absolute atomic E-state index is 12.7. The molecule has 0 aromatic heterocycles. The zero-order valence-corrected chi connectivity index (χ0v) is 14.0. The Hall–Kier alpha value is -2.04. The second-order valence-corrected chi connectivity index (χ2v) is 7.05. The Morgan fingerprint density at radius 1 is 1.26 bits per heavy atom. The van der Waals surface area contributed by atoms with Gasteiger partial charge in [0, 0.05) is 13.1 Å². The molecule has 1 aromatic rings. The largest absolute Gasteiger partial charge is 0.423 e. The zero-order valence-electron chi connectivity index (χ0n) is 14.0. The fourth-order valence-corrected chi connectivity index (χ4v) is 3.63. The van der Waals surface area contributed by atoms with Gasteiger partial charge in [0.05, 0.1) is 12.2 Å². The molecule has 0 aliphatic carbocycles. The van der Waals surface area contributed by atoms with Crippen molar-refractivity contribution in [3.63, 3.8) is 0 Å². The van der Waals surface area contributed by atoms with Crippen molar-refractivity contribution in [3.05, 3.63) is 23.8 Å². The molecule has 1 saturated heterocycles. The number of ether oxygens (including phenoxy) is 1. The second-order valence-electron chi connectivity index (χ2n) is 7.05. The standard InChI is InChI=1S/C18H24N2O3/c1-12-4-5-16-15(7-12)19(11-18(22)23-16)10-17(21)20-8-13(2)6-14(3)9-20/h4-5,7,13-14H,6,8-11H2,1-3H3. The fourth-order valence-electron chi connectivity index (χ4n) is 3.63. The molecule has 23 heavy (non-hydrogen) atoms. The first kappa shape index (κ1) is 15.8. The van der Waals surface area contributed by atoms with Crippen LogP contribution in [0.15, 0.2) is 18.2 Å². The van der Waals surface area contributed by atoms with Crippen LogP contribution in [0.3, 0.4) is 0 Å². The summed E-state index contributed by atoms with van der Waals surface area (Å²) in [7, 11) is 0. The van der Waals surface area contributed by atoms with Crippen LogP contribution in [0.5, 0.6) is 5.75 Å². The first-order valence-corrected chi connectivity index (χ1v) is 8.26. The van der Waals surface area contributed by atoms with Gasteiger partial charge in [-0.25, -0.2) is 4.79 Å². The molecule has 0 N–H and O–H groups in total. The Morgan fingerprint density at radius 3 is 2.65 bits per heavy atom. The van der Waals surface area contributed by atoms with Crippen molar-refractivity contribution >= 4 is 17.6 Å². The van der Waals surface area contributed by atoms with Crippen LogP contribution in [0.4, 0.5) is 5.69 Å². The Balaban J connectivity index is 1.76. The molecular formula is C18H24N2O3. The number of anilines is 1.